The fourth-order valence-corrected chi connectivity index (χ4v) is 2.68. The quantitative estimate of drug-likeness (QED) is 0.886. The van der Waals surface area contributed by atoms with Crippen molar-refractivity contribution in [3.05, 3.63) is 18.1 Å². The third kappa shape index (κ3) is 2.59. The highest BCUT2D eigenvalue weighted by molar-refractivity contribution is 5.45. The molecule has 1 aliphatic carbocycles. The van der Waals surface area contributed by atoms with Gasteiger partial charge in [0, 0.05) is 26.3 Å². The third-order valence-corrected chi connectivity index (χ3v) is 3.67. The molecular formula is C13H19N5O2. The van der Waals surface area contributed by atoms with Gasteiger partial charge in [-0.25, -0.2) is 4.98 Å². The Morgan fingerprint density at radius 3 is 3.05 bits per heavy atom. The molecule has 0 radical (unpaired) electrons. The van der Waals surface area contributed by atoms with E-state index < -0.39 is 0 Å². The van der Waals surface area contributed by atoms with E-state index in [4.69, 9.17) is 9.47 Å². The van der Waals surface area contributed by atoms with Gasteiger partial charge in [0.1, 0.15) is 12.1 Å². The van der Waals surface area contributed by atoms with Crippen molar-refractivity contribution >= 4 is 11.6 Å². The zero-order chi connectivity index (χ0) is 13.9. The number of hydrogen-bond acceptors (Lipinski definition) is 6. The molecule has 2 aromatic heterocycles. The molecule has 0 saturated heterocycles. The summed E-state index contributed by atoms with van der Waals surface area (Å²) in [7, 11) is 3.43. The van der Waals surface area contributed by atoms with Crippen molar-refractivity contribution in [2.75, 3.05) is 19.5 Å². The van der Waals surface area contributed by atoms with E-state index in [1.807, 2.05) is 6.07 Å². The van der Waals surface area contributed by atoms with Crippen molar-refractivity contribution in [2.45, 2.75) is 38.0 Å². The van der Waals surface area contributed by atoms with E-state index >= 15 is 0 Å². The highest BCUT2D eigenvalue weighted by Crippen LogP contribution is 2.25. The predicted molar refractivity (Wildman–Crippen MR) is 73.6 cm³/mol. The van der Waals surface area contributed by atoms with Crippen LogP contribution in [0.4, 0.5) is 5.82 Å². The lowest BCUT2D eigenvalue weighted by Gasteiger charge is -2.15. The molecule has 0 aromatic carbocycles. The van der Waals surface area contributed by atoms with Crippen molar-refractivity contribution in [1.29, 1.82) is 0 Å². The average Bonchev–Trinajstić information content (AvgIpc) is 3.07. The molecule has 0 bridgehead atoms. The summed E-state index contributed by atoms with van der Waals surface area (Å²) in [6, 6.07) is 2.36. The number of hydrogen-bond donors (Lipinski definition) is 1. The van der Waals surface area contributed by atoms with Crippen molar-refractivity contribution in [3.63, 3.8) is 0 Å². The van der Waals surface area contributed by atoms with Gasteiger partial charge in [0.15, 0.2) is 0 Å². The maximum Gasteiger partial charge on any atom is 0.254 e. The molecule has 0 aliphatic heterocycles. The molecule has 3 rings (SSSR count). The van der Waals surface area contributed by atoms with E-state index in [0.717, 1.165) is 30.8 Å². The molecule has 0 amide bonds. The molecule has 7 heteroatoms. The molecule has 7 nitrogen and oxygen atoms in total. The first-order valence-corrected chi connectivity index (χ1v) is 6.78. The second-order valence-electron chi connectivity index (χ2n) is 5.05. The molecule has 1 aliphatic rings. The number of ether oxygens (including phenoxy) is 2. The summed E-state index contributed by atoms with van der Waals surface area (Å²) in [6.07, 6.45) is 5.05. The molecule has 2 unspecified atom stereocenters. The molecule has 1 fully saturated rings. The smallest absolute Gasteiger partial charge is 0.254 e. The Hall–Kier alpha value is -1.73. The summed E-state index contributed by atoms with van der Waals surface area (Å²) in [6.45, 7) is 0.462. The number of nitrogens with one attached hydrogen (secondary N) is 1. The van der Waals surface area contributed by atoms with Gasteiger partial charge in [-0.05, 0) is 19.3 Å². The average molecular weight is 277 g/mol. The van der Waals surface area contributed by atoms with Gasteiger partial charge in [-0.3, -0.25) is 0 Å². The van der Waals surface area contributed by atoms with Gasteiger partial charge in [0.25, 0.3) is 5.78 Å². The van der Waals surface area contributed by atoms with E-state index in [1.165, 1.54) is 6.33 Å². The van der Waals surface area contributed by atoms with E-state index in [2.05, 4.69) is 20.4 Å². The van der Waals surface area contributed by atoms with Crippen molar-refractivity contribution in [1.82, 2.24) is 19.6 Å². The van der Waals surface area contributed by atoms with E-state index in [1.54, 1.807) is 18.7 Å². The van der Waals surface area contributed by atoms with Crippen LogP contribution in [0.3, 0.4) is 0 Å². The zero-order valence-electron chi connectivity index (χ0n) is 11.7. The number of fused-ring (bicyclic) bond motifs is 1. The number of rotatable bonds is 5. The van der Waals surface area contributed by atoms with Crippen LogP contribution in [-0.4, -0.2) is 45.9 Å². The number of methoxy groups -OCH3 is 2. The van der Waals surface area contributed by atoms with Crippen LogP contribution in [0.25, 0.3) is 5.78 Å². The van der Waals surface area contributed by atoms with E-state index in [-0.39, 0.29) is 0 Å². The van der Waals surface area contributed by atoms with Crippen molar-refractivity contribution < 1.29 is 9.47 Å². The van der Waals surface area contributed by atoms with Gasteiger partial charge < -0.3 is 14.8 Å². The molecule has 1 N–H and O–H groups in total. The van der Waals surface area contributed by atoms with Gasteiger partial charge in [0.05, 0.1) is 18.4 Å². The molecule has 2 heterocycles. The summed E-state index contributed by atoms with van der Waals surface area (Å²) in [5.74, 6) is 1.49. The minimum absolute atomic E-state index is 0.346. The largest absolute Gasteiger partial charge is 0.381 e. The monoisotopic (exact) mass is 277 g/mol. The lowest BCUT2D eigenvalue weighted by molar-refractivity contribution is 0.108. The Balaban J connectivity index is 1.84. The Kier molecular flexibility index (Phi) is 3.79. The Morgan fingerprint density at radius 2 is 2.30 bits per heavy atom. The normalized spacial score (nSPS) is 22.5. The molecular weight excluding hydrogens is 258 g/mol. The summed E-state index contributed by atoms with van der Waals surface area (Å²) >= 11 is 0. The molecule has 1 saturated carbocycles. The standard InChI is InChI=1S/C13H19N5O2/c1-19-7-10-6-12(18-13(17-10)14-8-15-18)16-9-3-4-11(5-9)20-2/h6,8-9,11,16H,3-5,7H2,1-2H3. The Morgan fingerprint density at radius 1 is 1.40 bits per heavy atom. The lowest BCUT2D eigenvalue weighted by atomic mass is 10.2. The van der Waals surface area contributed by atoms with Gasteiger partial charge >= 0.3 is 0 Å². The fourth-order valence-electron chi connectivity index (χ4n) is 2.68. The molecule has 2 atom stereocenters. The first-order valence-electron chi connectivity index (χ1n) is 6.78. The predicted octanol–water partition coefficient (Wildman–Crippen LogP) is 1.25. The van der Waals surface area contributed by atoms with Crippen LogP contribution in [-0.2, 0) is 16.1 Å². The fraction of sp³-hybridized carbons (Fsp3) is 0.615. The van der Waals surface area contributed by atoms with Crippen LogP contribution in [0.15, 0.2) is 12.4 Å². The van der Waals surface area contributed by atoms with Crippen LogP contribution in [0.1, 0.15) is 25.0 Å². The highest BCUT2D eigenvalue weighted by atomic mass is 16.5. The van der Waals surface area contributed by atoms with Crippen LogP contribution >= 0.6 is 0 Å². The lowest BCUT2D eigenvalue weighted by Crippen LogP contribution is -2.20. The maximum absolute atomic E-state index is 5.41. The van der Waals surface area contributed by atoms with E-state index in [9.17, 15) is 0 Å². The number of aromatic nitrogens is 4. The molecule has 20 heavy (non-hydrogen) atoms. The second kappa shape index (κ2) is 5.72. The summed E-state index contributed by atoms with van der Waals surface area (Å²) in [4.78, 5) is 8.54. The minimum atomic E-state index is 0.346. The number of nitrogens with zero attached hydrogens (tertiary/aromatic N) is 4. The summed E-state index contributed by atoms with van der Waals surface area (Å²) in [5.41, 5.74) is 0.844. The Bertz CT molecular complexity index is 585. The third-order valence-electron chi connectivity index (χ3n) is 3.67. The highest BCUT2D eigenvalue weighted by Gasteiger charge is 2.25. The Labute approximate surface area is 117 Å². The van der Waals surface area contributed by atoms with Crippen molar-refractivity contribution in [2.24, 2.45) is 0 Å². The van der Waals surface area contributed by atoms with Gasteiger partial charge in [-0.15, -0.1) is 0 Å². The van der Waals surface area contributed by atoms with Gasteiger partial charge in [-0.1, -0.05) is 0 Å². The summed E-state index contributed by atoms with van der Waals surface area (Å²) < 4.78 is 12.3. The topological polar surface area (TPSA) is 73.6 Å². The zero-order valence-corrected chi connectivity index (χ0v) is 11.7. The number of anilines is 1. The molecule has 108 valence electrons. The van der Waals surface area contributed by atoms with Crippen LogP contribution in [0.5, 0.6) is 0 Å². The second-order valence-corrected chi connectivity index (χ2v) is 5.05. The minimum Gasteiger partial charge on any atom is -0.381 e. The molecule has 0 spiro atoms. The van der Waals surface area contributed by atoms with E-state index in [0.29, 0.717) is 24.5 Å². The summed E-state index contributed by atoms with van der Waals surface area (Å²) in [5, 5.41) is 7.73. The first kappa shape index (κ1) is 13.3. The van der Waals surface area contributed by atoms with Crippen LogP contribution in [0, 0.1) is 0 Å². The van der Waals surface area contributed by atoms with Crippen LogP contribution in [0.2, 0.25) is 0 Å². The molecule has 2 aromatic rings. The van der Waals surface area contributed by atoms with Crippen LogP contribution < -0.4 is 5.32 Å². The SMILES string of the molecule is COCc1cc(NC2CCC(OC)C2)n2ncnc2n1. The maximum atomic E-state index is 5.41. The first-order chi connectivity index (χ1) is 9.80. The van der Waals surface area contributed by atoms with Gasteiger partial charge in [-0.2, -0.15) is 14.6 Å². The van der Waals surface area contributed by atoms with Crippen molar-refractivity contribution in [3.8, 4) is 0 Å². The van der Waals surface area contributed by atoms with Gasteiger partial charge in [0.2, 0.25) is 0 Å².